The first-order chi connectivity index (χ1) is 6.57. The van der Waals surface area contributed by atoms with E-state index in [-0.39, 0.29) is 10.7 Å². The van der Waals surface area contributed by atoms with Crippen molar-refractivity contribution in [2.24, 2.45) is 5.41 Å². The monoisotopic (exact) mass is 298 g/mol. The predicted octanol–water partition coefficient (Wildman–Crippen LogP) is 3.40. The molecule has 0 heterocycles. The largest absolute Gasteiger partial charge is 0.229 e. The summed E-state index contributed by atoms with van der Waals surface area (Å²) in [4.78, 5) is 0.382. The van der Waals surface area contributed by atoms with Gasteiger partial charge < -0.3 is 0 Å². The van der Waals surface area contributed by atoms with E-state index in [4.69, 9.17) is 0 Å². The lowest BCUT2D eigenvalue weighted by molar-refractivity contribution is 0.383. The molecule has 15 heavy (non-hydrogen) atoms. The fourth-order valence-electron chi connectivity index (χ4n) is 1.13. The van der Waals surface area contributed by atoms with Crippen molar-refractivity contribution in [3.05, 3.63) is 0 Å². The molecule has 1 unspecified atom stereocenters. The van der Waals surface area contributed by atoms with Crippen molar-refractivity contribution in [1.29, 1.82) is 0 Å². The maximum atomic E-state index is 11.5. The Morgan fingerprint density at radius 2 is 1.67 bits per heavy atom. The van der Waals surface area contributed by atoms with E-state index < -0.39 is 9.84 Å². The van der Waals surface area contributed by atoms with Gasteiger partial charge in [-0.15, -0.1) is 0 Å². The molecule has 0 fully saturated rings. The van der Waals surface area contributed by atoms with Crippen molar-refractivity contribution in [3.63, 3.8) is 0 Å². The zero-order valence-corrected chi connectivity index (χ0v) is 12.8. The molecule has 92 valence electrons. The minimum absolute atomic E-state index is 0.196. The van der Waals surface area contributed by atoms with Crippen LogP contribution < -0.4 is 0 Å². The van der Waals surface area contributed by atoms with E-state index in [2.05, 4.69) is 36.7 Å². The van der Waals surface area contributed by atoms with Crippen LogP contribution in [0.3, 0.4) is 0 Å². The van der Waals surface area contributed by atoms with Gasteiger partial charge in [0, 0.05) is 4.83 Å². The number of hydrogen-bond acceptors (Lipinski definition) is 2. The molecule has 0 rings (SSSR count). The van der Waals surface area contributed by atoms with E-state index in [1.165, 1.54) is 0 Å². The molecule has 1 atom stereocenters. The summed E-state index contributed by atoms with van der Waals surface area (Å²) in [5.74, 6) is 0.308. The van der Waals surface area contributed by atoms with Gasteiger partial charge in [0.25, 0.3) is 0 Å². The van der Waals surface area contributed by atoms with E-state index in [1.807, 2.05) is 0 Å². The summed E-state index contributed by atoms with van der Waals surface area (Å²) in [7, 11) is -2.86. The van der Waals surface area contributed by atoms with Crippen molar-refractivity contribution < 1.29 is 8.42 Å². The van der Waals surface area contributed by atoms with Crippen LogP contribution in [0, 0.1) is 5.41 Å². The Bertz CT molecular complexity index is 275. The molecular formula is C11H23BrO2S. The second kappa shape index (κ2) is 5.67. The van der Waals surface area contributed by atoms with Crippen LogP contribution in [0.2, 0.25) is 0 Å². The van der Waals surface area contributed by atoms with Gasteiger partial charge in [-0.1, -0.05) is 36.7 Å². The van der Waals surface area contributed by atoms with Crippen LogP contribution in [-0.4, -0.2) is 24.2 Å². The first-order valence-electron chi connectivity index (χ1n) is 5.43. The van der Waals surface area contributed by atoms with Crippen molar-refractivity contribution in [1.82, 2.24) is 0 Å². The molecule has 4 heteroatoms. The minimum Gasteiger partial charge on any atom is -0.229 e. The van der Waals surface area contributed by atoms with Crippen LogP contribution in [0.4, 0.5) is 0 Å². The minimum atomic E-state index is -2.86. The summed E-state index contributed by atoms with van der Waals surface area (Å²) in [6.07, 6.45) is 1.66. The topological polar surface area (TPSA) is 34.1 Å². The third-order valence-corrected chi connectivity index (χ3v) is 6.67. The maximum absolute atomic E-state index is 11.5. The Kier molecular flexibility index (Phi) is 5.83. The second-order valence-corrected chi connectivity index (χ2v) is 9.17. The van der Waals surface area contributed by atoms with Gasteiger partial charge in [-0.25, -0.2) is 8.42 Å². The van der Waals surface area contributed by atoms with Gasteiger partial charge in [-0.05, 0) is 32.1 Å². The Labute approximate surface area is 103 Å². The lowest BCUT2D eigenvalue weighted by atomic mass is 9.90. The number of hydrogen-bond donors (Lipinski definition) is 0. The zero-order chi connectivity index (χ0) is 12.3. The number of sulfone groups is 1. The summed E-state index contributed by atoms with van der Waals surface area (Å²) < 4.78 is 23.1. The average molecular weight is 299 g/mol. The molecule has 0 radical (unpaired) electrons. The van der Waals surface area contributed by atoms with E-state index in [1.54, 1.807) is 13.8 Å². The standard InChI is InChI=1S/C11H23BrO2S/c1-9(2)15(13,14)8-6-7-10(12)11(3,4)5/h9-10H,6-8H2,1-5H3. The first kappa shape index (κ1) is 15.4. The highest BCUT2D eigenvalue weighted by Crippen LogP contribution is 2.29. The van der Waals surface area contributed by atoms with Crippen molar-refractivity contribution in [2.45, 2.75) is 57.5 Å². The lowest BCUT2D eigenvalue weighted by Crippen LogP contribution is -2.23. The fraction of sp³-hybridized carbons (Fsp3) is 1.00. The van der Waals surface area contributed by atoms with Crippen LogP contribution >= 0.6 is 15.9 Å². The molecule has 0 aromatic carbocycles. The van der Waals surface area contributed by atoms with Crippen LogP contribution in [0.25, 0.3) is 0 Å². The van der Waals surface area contributed by atoms with Crippen molar-refractivity contribution in [2.75, 3.05) is 5.75 Å². The Morgan fingerprint density at radius 3 is 2.00 bits per heavy atom. The molecule has 0 bridgehead atoms. The molecule has 0 aromatic rings. The van der Waals surface area contributed by atoms with Gasteiger partial charge in [0.2, 0.25) is 0 Å². The molecule has 0 spiro atoms. The quantitative estimate of drug-likeness (QED) is 0.729. The second-order valence-electron chi connectivity index (χ2n) is 5.39. The van der Waals surface area contributed by atoms with Crippen molar-refractivity contribution >= 4 is 25.8 Å². The molecule has 2 nitrogen and oxygen atoms in total. The van der Waals surface area contributed by atoms with Gasteiger partial charge in [0.05, 0.1) is 11.0 Å². The molecule has 0 aliphatic carbocycles. The highest BCUT2D eigenvalue weighted by Gasteiger charge is 2.22. The molecule has 0 aliphatic rings. The molecule has 0 amide bonds. The third-order valence-electron chi connectivity index (χ3n) is 2.54. The summed E-state index contributed by atoms with van der Waals surface area (Å²) >= 11 is 3.61. The van der Waals surface area contributed by atoms with Gasteiger partial charge >= 0.3 is 0 Å². The molecule has 0 aliphatic heterocycles. The van der Waals surface area contributed by atoms with Gasteiger partial charge in [-0.2, -0.15) is 0 Å². The van der Waals surface area contributed by atoms with Crippen LogP contribution in [0.5, 0.6) is 0 Å². The predicted molar refractivity (Wildman–Crippen MR) is 70.3 cm³/mol. The Hall–Kier alpha value is 0.430. The summed E-state index contributed by atoms with van der Waals surface area (Å²) in [6.45, 7) is 9.95. The highest BCUT2D eigenvalue weighted by atomic mass is 79.9. The molecule has 0 N–H and O–H groups in total. The Balaban J connectivity index is 4.02. The van der Waals surface area contributed by atoms with E-state index in [0.717, 1.165) is 12.8 Å². The number of halogens is 1. The summed E-state index contributed by atoms with van der Waals surface area (Å²) in [6, 6.07) is 0. The van der Waals surface area contributed by atoms with Gasteiger partial charge in [0.1, 0.15) is 0 Å². The van der Waals surface area contributed by atoms with E-state index in [9.17, 15) is 8.42 Å². The molecular weight excluding hydrogens is 276 g/mol. The maximum Gasteiger partial charge on any atom is 0.152 e. The van der Waals surface area contributed by atoms with Crippen LogP contribution in [-0.2, 0) is 9.84 Å². The SMILES string of the molecule is CC(C)S(=O)(=O)CCCC(Br)C(C)(C)C. The smallest absolute Gasteiger partial charge is 0.152 e. The zero-order valence-electron chi connectivity index (χ0n) is 10.4. The van der Waals surface area contributed by atoms with Crippen LogP contribution in [0.15, 0.2) is 0 Å². The lowest BCUT2D eigenvalue weighted by Gasteiger charge is -2.25. The van der Waals surface area contributed by atoms with E-state index in [0.29, 0.717) is 10.6 Å². The summed E-state index contributed by atoms with van der Waals surface area (Å²) in [5.41, 5.74) is 0.196. The van der Waals surface area contributed by atoms with Crippen LogP contribution in [0.1, 0.15) is 47.5 Å². The molecule has 0 saturated heterocycles. The van der Waals surface area contributed by atoms with Gasteiger partial charge in [-0.3, -0.25) is 0 Å². The Morgan fingerprint density at radius 1 is 1.20 bits per heavy atom. The van der Waals surface area contributed by atoms with E-state index >= 15 is 0 Å². The fourth-order valence-corrected chi connectivity index (χ4v) is 2.50. The highest BCUT2D eigenvalue weighted by molar-refractivity contribution is 9.09. The van der Waals surface area contributed by atoms with Crippen molar-refractivity contribution in [3.8, 4) is 0 Å². The third kappa shape index (κ3) is 5.91. The van der Waals surface area contributed by atoms with Gasteiger partial charge in [0.15, 0.2) is 9.84 Å². The molecule has 0 aromatic heterocycles. The summed E-state index contributed by atoms with van der Waals surface area (Å²) in [5, 5.41) is -0.249. The molecule has 0 saturated carbocycles. The first-order valence-corrected chi connectivity index (χ1v) is 8.06. The average Bonchev–Trinajstić information content (AvgIpc) is 2.01. The normalized spacial score (nSPS) is 15.7. The number of alkyl halides is 1. The number of rotatable bonds is 5.